The summed E-state index contributed by atoms with van der Waals surface area (Å²) in [5.74, 6) is 0. The maximum atomic E-state index is 9.48. The Bertz CT molecular complexity index is 471. The van der Waals surface area contributed by atoms with E-state index in [4.69, 9.17) is 0 Å². The first-order valence-corrected chi connectivity index (χ1v) is 6.49. The fourth-order valence-corrected chi connectivity index (χ4v) is 3.32. The van der Waals surface area contributed by atoms with Gasteiger partial charge in [-0.3, -0.25) is 0 Å². The quantitative estimate of drug-likeness (QED) is 0.869. The lowest BCUT2D eigenvalue weighted by molar-refractivity contribution is 0.199. The zero-order chi connectivity index (χ0) is 11.0. The Morgan fingerprint density at radius 3 is 2.60 bits per heavy atom. The summed E-state index contributed by atoms with van der Waals surface area (Å²) in [7, 11) is 0. The molecule has 2 nitrogen and oxygen atoms in total. The number of aliphatic hydroxyl groups excluding tert-OH is 1. The van der Waals surface area contributed by atoms with Crippen molar-refractivity contribution in [3.05, 3.63) is 26.9 Å². The van der Waals surface area contributed by atoms with Gasteiger partial charge < -0.3 is 5.11 Å². The van der Waals surface area contributed by atoms with Gasteiger partial charge in [-0.2, -0.15) is 0 Å². The number of nitrogens with zero attached hydrogens (tertiary/aromatic N) is 1. The van der Waals surface area contributed by atoms with E-state index >= 15 is 0 Å². The normalized spacial score (nSPS) is 13.1. The molecule has 2 aromatic heterocycles. The summed E-state index contributed by atoms with van der Waals surface area (Å²) in [4.78, 5) is 6.89. The van der Waals surface area contributed by atoms with Gasteiger partial charge in [0.05, 0.1) is 10.6 Å². The summed E-state index contributed by atoms with van der Waals surface area (Å²) in [6.45, 7) is 5.90. The summed E-state index contributed by atoms with van der Waals surface area (Å²) >= 11 is 3.28. The standard InChI is InChI=1S/C11H13NOS2/c1-6-4-5-14-10(6)9-8(3)15-11(12-9)7(2)13/h4-5,7,13H,1-3H3. The molecule has 0 aliphatic heterocycles. The molecule has 0 fully saturated rings. The van der Waals surface area contributed by atoms with Crippen molar-refractivity contribution >= 4 is 22.7 Å². The van der Waals surface area contributed by atoms with Crippen LogP contribution in [0.4, 0.5) is 0 Å². The summed E-state index contributed by atoms with van der Waals surface area (Å²) < 4.78 is 0. The van der Waals surface area contributed by atoms with Crippen LogP contribution >= 0.6 is 22.7 Å². The van der Waals surface area contributed by atoms with Gasteiger partial charge in [-0.25, -0.2) is 4.98 Å². The van der Waals surface area contributed by atoms with Crippen LogP contribution in [0.15, 0.2) is 11.4 Å². The number of aliphatic hydroxyl groups is 1. The Morgan fingerprint density at radius 1 is 1.40 bits per heavy atom. The number of hydrogen-bond donors (Lipinski definition) is 1. The maximum absolute atomic E-state index is 9.48. The molecule has 0 bridgehead atoms. The second-order valence-corrected chi connectivity index (χ2v) is 5.72. The van der Waals surface area contributed by atoms with Crippen molar-refractivity contribution < 1.29 is 5.11 Å². The molecule has 0 aliphatic carbocycles. The van der Waals surface area contributed by atoms with E-state index in [-0.39, 0.29) is 0 Å². The molecule has 15 heavy (non-hydrogen) atoms. The molecule has 0 saturated carbocycles. The summed E-state index contributed by atoms with van der Waals surface area (Å²) in [5, 5.41) is 12.4. The number of aryl methyl sites for hydroxylation is 2. The molecular weight excluding hydrogens is 226 g/mol. The molecule has 4 heteroatoms. The predicted molar refractivity (Wildman–Crippen MR) is 65.5 cm³/mol. The van der Waals surface area contributed by atoms with E-state index in [0.29, 0.717) is 0 Å². The van der Waals surface area contributed by atoms with Gasteiger partial charge in [-0.15, -0.1) is 22.7 Å². The van der Waals surface area contributed by atoms with Crippen molar-refractivity contribution in [2.24, 2.45) is 0 Å². The molecule has 2 rings (SSSR count). The zero-order valence-corrected chi connectivity index (χ0v) is 10.6. The Hall–Kier alpha value is -0.710. The first-order chi connectivity index (χ1) is 7.09. The van der Waals surface area contributed by atoms with Crippen LogP contribution in [0.25, 0.3) is 10.6 Å². The van der Waals surface area contributed by atoms with Gasteiger partial charge in [0.1, 0.15) is 11.1 Å². The van der Waals surface area contributed by atoms with Crippen LogP contribution in [0.3, 0.4) is 0 Å². The average molecular weight is 239 g/mol. The minimum atomic E-state index is -0.470. The van der Waals surface area contributed by atoms with Crippen LogP contribution in [0, 0.1) is 13.8 Å². The highest BCUT2D eigenvalue weighted by atomic mass is 32.1. The number of rotatable bonds is 2. The van der Waals surface area contributed by atoms with E-state index in [0.717, 1.165) is 10.7 Å². The Labute approximate surface area is 97.2 Å². The highest BCUT2D eigenvalue weighted by Crippen LogP contribution is 2.35. The number of hydrogen-bond acceptors (Lipinski definition) is 4. The molecule has 0 aromatic carbocycles. The molecule has 0 radical (unpaired) electrons. The molecule has 0 amide bonds. The van der Waals surface area contributed by atoms with Crippen molar-refractivity contribution in [1.29, 1.82) is 0 Å². The SMILES string of the molecule is Cc1ccsc1-c1nc(C(C)O)sc1C. The highest BCUT2D eigenvalue weighted by molar-refractivity contribution is 7.15. The fourth-order valence-electron chi connectivity index (χ4n) is 1.42. The molecule has 0 saturated heterocycles. The third-order valence-electron chi connectivity index (χ3n) is 2.25. The molecule has 0 aliphatic rings. The zero-order valence-electron chi connectivity index (χ0n) is 8.94. The van der Waals surface area contributed by atoms with Gasteiger partial charge in [-0.1, -0.05) is 0 Å². The second-order valence-electron chi connectivity index (χ2n) is 3.57. The summed E-state index contributed by atoms with van der Waals surface area (Å²) in [6.07, 6.45) is -0.470. The molecule has 80 valence electrons. The lowest BCUT2D eigenvalue weighted by atomic mass is 10.2. The van der Waals surface area contributed by atoms with E-state index in [2.05, 4.69) is 30.3 Å². The minimum absolute atomic E-state index is 0.470. The van der Waals surface area contributed by atoms with E-state index in [1.54, 1.807) is 29.6 Å². The van der Waals surface area contributed by atoms with Crippen LogP contribution in [0.2, 0.25) is 0 Å². The molecule has 1 N–H and O–H groups in total. The fraction of sp³-hybridized carbons (Fsp3) is 0.364. The van der Waals surface area contributed by atoms with Crippen molar-refractivity contribution in [1.82, 2.24) is 4.98 Å². The van der Waals surface area contributed by atoms with Gasteiger partial charge >= 0.3 is 0 Å². The van der Waals surface area contributed by atoms with Crippen molar-refractivity contribution in [2.75, 3.05) is 0 Å². The Balaban J connectivity index is 2.50. The van der Waals surface area contributed by atoms with Gasteiger partial charge in [-0.05, 0) is 37.8 Å². The van der Waals surface area contributed by atoms with Crippen LogP contribution < -0.4 is 0 Å². The molecule has 2 heterocycles. The molecule has 0 spiro atoms. The van der Waals surface area contributed by atoms with E-state index < -0.39 is 6.10 Å². The number of thiophene rings is 1. The number of thiazole rings is 1. The molecule has 1 unspecified atom stereocenters. The summed E-state index contributed by atoms with van der Waals surface area (Å²) in [5.41, 5.74) is 2.29. The third-order valence-corrected chi connectivity index (χ3v) is 4.41. The van der Waals surface area contributed by atoms with Gasteiger partial charge in [0.2, 0.25) is 0 Å². The average Bonchev–Trinajstić information content (AvgIpc) is 2.71. The van der Waals surface area contributed by atoms with E-state index in [9.17, 15) is 5.11 Å². The van der Waals surface area contributed by atoms with Gasteiger partial charge in [0.15, 0.2) is 0 Å². The predicted octanol–water partition coefficient (Wildman–Crippen LogP) is 3.54. The van der Waals surface area contributed by atoms with Crippen LogP contribution in [-0.2, 0) is 0 Å². The highest BCUT2D eigenvalue weighted by Gasteiger charge is 2.15. The first kappa shape index (κ1) is 10.8. The monoisotopic (exact) mass is 239 g/mol. The molecular formula is C11H13NOS2. The van der Waals surface area contributed by atoms with Gasteiger partial charge in [0, 0.05) is 4.88 Å². The Morgan fingerprint density at radius 2 is 2.13 bits per heavy atom. The lowest BCUT2D eigenvalue weighted by Crippen LogP contribution is -1.88. The van der Waals surface area contributed by atoms with Crippen LogP contribution in [-0.4, -0.2) is 10.1 Å². The van der Waals surface area contributed by atoms with Crippen molar-refractivity contribution in [3.63, 3.8) is 0 Å². The summed E-state index contributed by atoms with van der Waals surface area (Å²) in [6, 6.07) is 2.10. The van der Waals surface area contributed by atoms with Crippen molar-refractivity contribution in [2.45, 2.75) is 26.9 Å². The topological polar surface area (TPSA) is 33.1 Å². The lowest BCUT2D eigenvalue weighted by Gasteiger charge is -1.97. The maximum Gasteiger partial charge on any atom is 0.122 e. The van der Waals surface area contributed by atoms with Crippen LogP contribution in [0.5, 0.6) is 0 Å². The number of aromatic nitrogens is 1. The smallest absolute Gasteiger partial charge is 0.122 e. The third kappa shape index (κ3) is 1.97. The Kier molecular flexibility index (Phi) is 2.91. The second kappa shape index (κ2) is 4.04. The van der Waals surface area contributed by atoms with E-state index in [1.165, 1.54) is 15.3 Å². The minimum Gasteiger partial charge on any atom is -0.386 e. The molecule has 1 atom stereocenters. The van der Waals surface area contributed by atoms with E-state index in [1.807, 2.05) is 0 Å². The molecule has 2 aromatic rings. The van der Waals surface area contributed by atoms with Crippen molar-refractivity contribution in [3.8, 4) is 10.6 Å². The largest absolute Gasteiger partial charge is 0.386 e. The van der Waals surface area contributed by atoms with Crippen LogP contribution in [0.1, 0.15) is 28.5 Å². The first-order valence-electron chi connectivity index (χ1n) is 4.79. The van der Waals surface area contributed by atoms with Gasteiger partial charge in [0.25, 0.3) is 0 Å².